The van der Waals surface area contributed by atoms with Gasteiger partial charge in [0.2, 0.25) is 0 Å². The van der Waals surface area contributed by atoms with E-state index in [4.69, 9.17) is 0 Å². The Morgan fingerprint density at radius 3 is 2.26 bits per heavy atom. The second-order valence-corrected chi connectivity index (χ2v) is 7.32. The standard InChI is InChI=1S/C16H30N2O/c1-17-16(13-19,14-4-5-14)12-18-10-8-15(9-11-18)6-2-3-7-15/h14,17,19H,2-13H2,1H3. The Bertz CT molecular complexity index is 294. The molecular weight excluding hydrogens is 236 g/mol. The molecule has 3 fully saturated rings. The van der Waals surface area contributed by atoms with Gasteiger partial charge in [0.05, 0.1) is 12.1 Å². The quantitative estimate of drug-likeness (QED) is 0.799. The Hall–Kier alpha value is -0.120. The Labute approximate surface area is 117 Å². The lowest BCUT2D eigenvalue weighted by Crippen LogP contribution is -2.58. The molecule has 0 amide bonds. The van der Waals surface area contributed by atoms with Crippen molar-refractivity contribution in [2.75, 3.05) is 33.3 Å². The Kier molecular flexibility index (Phi) is 3.89. The fourth-order valence-electron chi connectivity index (χ4n) is 4.52. The smallest absolute Gasteiger partial charge is 0.0628 e. The molecule has 0 radical (unpaired) electrons. The van der Waals surface area contributed by atoms with Crippen LogP contribution in [0.15, 0.2) is 0 Å². The molecule has 0 aromatic heterocycles. The third kappa shape index (κ3) is 2.70. The van der Waals surface area contributed by atoms with E-state index in [1.54, 1.807) is 0 Å². The van der Waals surface area contributed by atoms with Gasteiger partial charge in [0.15, 0.2) is 0 Å². The molecule has 0 aromatic rings. The number of nitrogens with one attached hydrogen (secondary N) is 1. The molecular formula is C16H30N2O. The number of rotatable bonds is 5. The molecule has 2 aliphatic carbocycles. The van der Waals surface area contributed by atoms with E-state index in [9.17, 15) is 5.11 Å². The minimum absolute atomic E-state index is 0.0276. The molecule has 1 saturated heterocycles. The van der Waals surface area contributed by atoms with Gasteiger partial charge in [-0.25, -0.2) is 0 Å². The van der Waals surface area contributed by atoms with Crippen molar-refractivity contribution in [3.63, 3.8) is 0 Å². The first-order chi connectivity index (χ1) is 9.22. The highest BCUT2D eigenvalue weighted by Gasteiger charge is 2.46. The van der Waals surface area contributed by atoms with Gasteiger partial charge in [-0.15, -0.1) is 0 Å². The Morgan fingerprint density at radius 1 is 1.16 bits per heavy atom. The van der Waals surface area contributed by atoms with E-state index in [2.05, 4.69) is 10.2 Å². The molecule has 0 aromatic carbocycles. The van der Waals surface area contributed by atoms with Gasteiger partial charge < -0.3 is 15.3 Å². The van der Waals surface area contributed by atoms with Crippen LogP contribution in [-0.4, -0.2) is 48.8 Å². The zero-order valence-electron chi connectivity index (χ0n) is 12.5. The molecule has 3 heteroatoms. The molecule has 1 heterocycles. The fourth-order valence-corrected chi connectivity index (χ4v) is 4.52. The summed E-state index contributed by atoms with van der Waals surface area (Å²) in [6.07, 6.45) is 11.2. The van der Waals surface area contributed by atoms with Crippen LogP contribution in [0.1, 0.15) is 51.4 Å². The highest BCUT2D eigenvalue weighted by molar-refractivity contribution is 5.03. The number of piperidine rings is 1. The SMILES string of the molecule is CNC(CO)(CN1CCC2(CCCC2)CC1)C1CC1. The number of nitrogens with zero attached hydrogens (tertiary/aromatic N) is 1. The van der Waals surface area contributed by atoms with Gasteiger partial charge in [-0.1, -0.05) is 12.8 Å². The van der Waals surface area contributed by atoms with Crippen molar-refractivity contribution >= 4 is 0 Å². The number of hydrogen-bond donors (Lipinski definition) is 2. The van der Waals surface area contributed by atoms with Crippen LogP contribution >= 0.6 is 0 Å². The molecule has 1 unspecified atom stereocenters. The maximum absolute atomic E-state index is 9.83. The van der Waals surface area contributed by atoms with Crippen molar-refractivity contribution in [2.45, 2.75) is 56.9 Å². The zero-order valence-corrected chi connectivity index (χ0v) is 12.5. The van der Waals surface area contributed by atoms with Crippen LogP contribution in [0.5, 0.6) is 0 Å². The molecule has 2 N–H and O–H groups in total. The highest BCUT2D eigenvalue weighted by atomic mass is 16.3. The molecule has 2 saturated carbocycles. The molecule has 3 aliphatic rings. The van der Waals surface area contributed by atoms with Crippen LogP contribution in [0, 0.1) is 11.3 Å². The Morgan fingerprint density at radius 2 is 1.79 bits per heavy atom. The molecule has 3 rings (SSSR count). The molecule has 110 valence electrons. The van der Waals surface area contributed by atoms with E-state index in [1.165, 1.54) is 64.5 Å². The number of likely N-dealkylation sites (N-methyl/N-ethyl adjacent to an activating group) is 1. The molecule has 1 atom stereocenters. The topological polar surface area (TPSA) is 35.5 Å². The summed E-state index contributed by atoms with van der Waals surface area (Å²) in [6.45, 7) is 3.82. The number of hydrogen-bond acceptors (Lipinski definition) is 3. The van der Waals surface area contributed by atoms with Crippen molar-refractivity contribution in [1.82, 2.24) is 10.2 Å². The first-order valence-corrected chi connectivity index (χ1v) is 8.24. The van der Waals surface area contributed by atoms with Gasteiger partial charge in [0.25, 0.3) is 0 Å². The van der Waals surface area contributed by atoms with Crippen LogP contribution in [-0.2, 0) is 0 Å². The molecule has 3 nitrogen and oxygen atoms in total. The van der Waals surface area contributed by atoms with Crippen molar-refractivity contribution < 1.29 is 5.11 Å². The van der Waals surface area contributed by atoms with Gasteiger partial charge >= 0.3 is 0 Å². The summed E-state index contributed by atoms with van der Waals surface area (Å²) in [5.74, 6) is 0.699. The third-order valence-electron chi connectivity index (χ3n) is 6.23. The average molecular weight is 266 g/mol. The predicted molar refractivity (Wildman–Crippen MR) is 78.2 cm³/mol. The van der Waals surface area contributed by atoms with E-state index in [0.29, 0.717) is 11.3 Å². The summed E-state index contributed by atoms with van der Waals surface area (Å²) in [4.78, 5) is 2.61. The average Bonchev–Trinajstić information content (AvgIpc) is 3.21. The number of likely N-dealkylation sites (tertiary alicyclic amines) is 1. The third-order valence-corrected chi connectivity index (χ3v) is 6.23. The van der Waals surface area contributed by atoms with Gasteiger partial charge in [-0.2, -0.15) is 0 Å². The summed E-state index contributed by atoms with van der Waals surface area (Å²) < 4.78 is 0. The first kappa shape index (κ1) is 13.8. The van der Waals surface area contributed by atoms with Crippen LogP contribution < -0.4 is 5.32 Å². The normalized spacial score (nSPS) is 30.6. The minimum atomic E-state index is -0.0276. The second-order valence-electron chi connectivity index (χ2n) is 7.32. The fraction of sp³-hybridized carbons (Fsp3) is 1.00. The van der Waals surface area contributed by atoms with Crippen LogP contribution in [0.4, 0.5) is 0 Å². The summed E-state index contributed by atoms with van der Waals surface area (Å²) in [5.41, 5.74) is 0.678. The zero-order chi connectivity index (χ0) is 13.3. The van der Waals surface area contributed by atoms with E-state index >= 15 is 0 Å². The number of aliphatic hydroxyl groups is 1. The summed E-state index contributed by atoms with van der Waals surface area (Å²) in [7, 11) is 2.02. The van der Waals surface area contributed by atoms with Crippen LogP contribution in [0.2, 0.25) is 0 Å². The van der Waals surface area contributed by atoms with Crippen LogP contribution in [0.3, 0.4) is 0 Å². The van der Waals surface area contributed by atoms with Gasteiger partial charge in [0, 0.05) is 6.54 Å². The molecule has 1 spiro atoms. The van der Waals surface area contributed by atoms with Crippen molar-refractivity contribution in [3.8, 4) is 0 Å². The van der Waals surface area contributed by atoms with E-state index in [0.717, 1.165) is 6.54 Å². The van der Waals surface area contributed by atoms with E-state index < -0.39 is 0 Å². The lowest BCUT2D eigenvalue weighted by atomic mass is 9.76. The first-order valence-electron chi connectivity index (χ1n) is 8.24. The minimum Gasteiger partial charge on any atom is -0.394 e. The maximum atomic E-state index is 9.83. The van der Waals surface area contributed by atoms with Crippen molar-refractivity contribution in [1.29, 1.82) is 0 Å². The lowest BCUT2D eigenvalue weighted by molar-refractivity contribution is 0.0528. The van der Waals surface area contributed by atoms with Gasteiger partial charge in [-0.05, 0) is 70.0 Å². The highest BCUT2D eigenvalue weighted by Crippen LogP contribution is 2.47. The maximum Gasteiger partial charge on any atom is 0.0628 e. The number of aliphatic hydroxyl groups excluding tert-OH is 1. The Balaban J connectivity index is 1.56. The van der Waals surface area contributed by atoms with E-state index in [-0.39, 0.29) is 12.1 Å². The monoisotopic (exact) mass is 266 g/mol. The summed E-state index contributed by atoms with van der Waals surface area (Å²) in [5, 5.41) is 13.3. The summed E-state index contributed by atoms with van der Waals surface area (Å²) >= 11 is 0. The molecule has 19 heavy (non-hydrogen) atoms. The largest absolute Gasteiger partial charge is 0.394 e. The lowest BCUT2D eigenvalue weighted by Gasteiger charge is -2.44. The second kappa shape index (κ2) is 5.34. The van der Waals surface area contributed by atoms with Gasteiger partial charge in [-0.3, -0.25) is 0 Å². The van der Waals surface area contributed by atoms with Gasteiger partial charge in [0.1, 0.15) is 0 Å². The molecule has 0 bridgehead atoms. The molecule has 1 aliphatic heterocycles. The van der Waals surface area contributed by atoms with Crippen molar-refractivity contribution in [2.24, 2.45) is 11.3 Å². The summed E-state index contributed by atoms with van der Waals surface area (Å²) in [6, 6.07) is 0. The van der Waals surface area contributed by atoms with E-state index in [1.807, 2.05) is 7.05 Å². The van der Waals surface area contributed by atoms with Crippen LogP contribution in [0.25, 0.3) is 0 Å². The van der Waals surface area contributed by atoms with Crippen molar-refractivity contribution in [3.05, 3.63) is 0 Å². The predicted octanol–water partition coefficient (Wildman–Crippen LogP) is 2.00.